The molecular weight excluding hydrogens is 338 g/mol. The Hall–Kier alpha value is -2.53. The lowest BCUT2D eigenvalue weighted by Gasteiger charge is -2.34. The first-order valence-electron chi connectivity index (χ1n) is 8.13. The molecule has 130 valence electrons. The van der Waals surface area contributed by atoms with Gasteiger partial charge >= 0.3 is 5.97 Å². The Morgan fingerprint density at radius 3 is 2.28 bits per heavy atom. The lowest BCUT2D eigenvalue weighted by Crippen LogP contribution is -2.44. The third-order valence-electron chi connectivity index (χ3n) is 4.15. The number of nitrogens with zero attached hydrogens (tertiary/aromatic N) is 3. The maximum atomic E-state index is 11.4. The van der Waals surface area contributed by atoms with Gasteiger partial charge in [-0.1, -0.05) is 23.7 Å². The fourth-order valence-corrected chi connectivity index (χ4v) is 2.82. The number of hydrogen-bond donors (Lipinski definition) is 0. The van der Waals surface area contributed by atoms with Crippen molar-refractivity contribution in [3.63, 3.8) is 0 Å². The van der Waals surface area contributed by atoms with Gasteiger partial charge in [0, 0.05) is 23.8 Å². The van der Waals surface area contributed by atoms with E-state index in [9.17, 15) is 4.79 Å². The van der Waals surface area contributed by atoms with Crippen molar-refractivity contribution < 1.29 is 9.53 Å². The molecule has 2 aromatic carbocycles. The molecule has 0 unspecified atom stereocenters. The van der Waals surface area contributed by atoms with Gasteiger partial charge in [-0.05, 0) is 42.0 Å². The van der Waals surface area contributed by atoms with Crippen LogP contribution in [0.1, 0.15) is 15.9 Å². The van der Waals surface area contributed by atoms with Crippen LogP contribution in [0.2, 0.25) is 5.02 Å². The van der Waals surface area contributed by atoms with Crippen molar-refractivity contribution in [1.29, 1.82) is 0 Å². The summed E-state index contributed by atoms with van der Waals surface area (Å²) in [6.07, 6.45) is 1.82. The Morgan fingerprint density at radius 1 is 1.04 bits per heavy atom. The summed E-state index contributed by atoms with van der Waals surface area (Å²) in [6, 6.07) is 15.1. The molecule has 1 fully saturated rings. The molecule has 0 saturated carbocycles. The zero-order valence-electron chi connectivity index (χ0n) is 14.1. The van der Waals surface area contributed by atoms with E-state index in [-0.39, 0.29) is 5.97 Å². The Morgan fingerprint density at radius 2 is 1.68 bits per heavy atom. The Bertz CT molecular complexity index is 736. The molecule has 1 aliphatic rings. The predicted molar refractivity (Wildman–Crippen MR) is 101 cm³/mol. The lowest BCUT2D eigenvalue weighted by atomic mass is 10.1. The Labute approximate surface area is 152 Å². The van der Waals surface area contributed by atoms with E-state index in [4.69, 9.17) is 16.3 Å². The van der Waals surface area contributed by atoms with Gasteiger partial charge < -0.3 is 9.64 Å². The highest BCUT2D eigenvalue weighted by atomic mass is 35.5. The summed E-state index contributed by atoms with van der Waals surface area (Å²) in [5, 5.41) is 7.35. The lowest BCUT2D eigenvalue weighted by molar-refractivity contribution is 0.0600. The predicted octanol–water partition coefficient (Wildman–Crippen LogP) is 3.28. The minimum absolute atomic E-state index is 0.332. The fraction of sp³-hybridized carbons (Fsp3) is 0.263. The quantitative estimate of drug-likeness (QED) is 0.622. The zero-order valence-corrected chi connectivity index (χ0v) is 14.8. The van der Waals surface area contributed by atoms with E-state index in [1.807, 2.05) is 42.6 Å². The SMILES string of the molecule is COC(=O)c1ccc(/C=N/N2CCN(c3ccc(Cl)cc3)CC2)cc1. The average molecular weight is 358 g/mol. The van der Waals surface area contributed by atoms with E-state index >= 15 is 0 Å². The highest BCUT2D eigenvalue weighted by molar-refractivity contribution is 6.30. The number of carbonyl (C=O) groups excluding carboxylic acids is 1. The summed E-state index contributed by atoms with van der Waals surface area (Å²) in [4.78, 5) is 13.7. The average Bonchev–Trinajstić information content (AvgIpc) is 2.67. The van der Waals surface area contributed by atoms with Crippen LogP contribution in [0.3, 0.4) is 0 Å². The fourth-order valence-electron chi connectivity index (χ4n) is 2.69. The smallest absolute Gasteiger partial charge is 0.337 e. The zero-order chi connectivity index (χ0) is 17.6. The number of halogens is 1. The van der Waals surface area contributed by atoms with E-state index in [2.05, 4.69) is 15.0 Å². The van der Waals surface area contributed by atoms with E-state index in [1.165, 1.54) is 12.8 Å². The molecule has 25 heavy (non-hydrogen) atoms. The summed E-state index contributed by atoms with van der Waals surface area (Å²) in [5.74, 6) is -0.332. The van der Waals surface area contributed by atoms with Gasteiger partial charge in [0.05, 0.1) is 32.0 Å². The van der Waals surface area contributed by atoms with E-state index < -0.39 is 0 Å². The van der Waals surface area contributed by atoms with Gasteiger partial charge in [-0.15, -0.1) is 0 Å². The molecule has 0 amide bonds. The standard InChI is InChI=1S/C19H20ClN3O2/c1-25-19(24)16-4-2-15(3-5-16)14-21-23-12-10-22(11-13-23)18-8-6-17(20)7-9-18/h2-9,14H,10-13H2,1H3/b21-14+. The van der Waals surface area contributed by atoms with Crippen LogP contribution in [0, 0.1) is 0 Å². The van der Waals surface area contributed by atoms with Crippen LogP contribution in [-0.2, 0) is 4.74 Å². The number of ether oxygens (including phenoxy) is 1. The molecule has 1 saturated heterocycles. The number of rotatable bonds is 4. The molecule has 3 rings (SSSR count). The van der Waals surface area contributed by atoms with Gasteiger partial charge in [0.1, 0.15) is 0 Å². The maximum absolute atomic E-state index is 11.4. The summed E-state index contributed by atoms with van der Waals surface area (Å²) < 4.78 is 4.69. The molecule has 0 aromatic heterocycles. The van der Waals surface area contributed by atoms with Crippen molar-refractivity contribution in [1.82, 2.24) is 5.01 Å². The normalized spacial score (nSPS) is 14.8. The molecule has 2 aromatic rings. The number of methoxy groups -OCH3 is 1. The third kappa shape index (κ3) is 4.51. The summed E-state index contributed by atoms with van der Waals surface area (Å²) in [7, 11) is 1.38. The largest absolute Gasteiger partial charge is 0.465 e. The molecule has 6 heteroatoms. The van der Waals surface area contributed by atoms with Gasteiger partial charge in [-0.3, -0.25) is 5.01 Å². The molecule has 0 aliphatic carbocycles. The van der Waals surface area contributed by atoms with Crippen molar-refractivity contribution in [2.45, 2.75) is 0 Å². The van der Waals surface area contributed by atoms with Gasteiger partial charge in [-0.2, -0.15) is 5.10 Å². The minimum Gasteiger partial charge on any atom is -0.465 e. The summed E-state index contributed by atoms with van der Waals surface area (Å²) >= 11 is 5.94. The van der Waals surface area contributed by atoms with Gasteiger partial charge in [-0.25, -0.2) is 4.79 Å². The van der Waals surface area contributed by atoms with Crippen LogP contribution in [0.25, 0.3) is 0 Å². The molecule has 0 bridgehead atoms. The van der Waals surface area contributed by atoms with Crippen LogP contribution >= 0.6 is 11.6 Å². The van der Waals surface area contributed by atoms with E-state index in [0.717, 1.165) is 36.8 Å². The van der Waals surface area contributed by atoms with Crippen molar-refractivity contribution >= 4 is 29.5 Å². The topological polar surface area (TPSA) is 45.1 Å². The first kappa shape index (κ1) is 17.3. The molecule has 0 atom stereocenters. The number of hydrazone groups is 1. The van der Waals surface area contributed by atoms with Crippen molar-refractivity contribution in [3.8, 4) is 0 Å². The monoisotopic (exact) mass is 357 g/mol. The second kappa shape index (κ2) is 8.03. The van der Waals surface area contributed by atoms with E-state index in [0.29, 0.717) is 5.56 Å². The van der Waals surface area contributed by atoms with Crippen LogP contribution in [0.15, 0.2) is 53.6 Å². The number of benzene rings is 2. The highest BCUT2D eigenvalue weighted by Crippen LogP contribution is 2.19. The Kier molecular flexibility index (Phi) is 5.56. The third-order valence-corrected chi connectivity index (χ3v) is 4.40. The van der Waals surface area contributed by atoms with Gasteiger partial charge in [0.25, 0.3) is 0 Å². The van der Waals surface area contributed by atoms with Crippen molar-refractivity contribution in [2.75, 3.05) is 38.2 Å². The molecule has 1 heterocycles. The highest BCUT2D eigenvalue weighted by Gasteiger charge is 2.15. The van der Waals surface area contributed by atoms with Gasteiger partial charge in [0.15, 0.2) is 0 Å². The molecule has 5 nitrogen and oxygen atoms in total. The summed E-state index contributed by atoms with van der Waals surface area (Å²) in [5.41, 5.74) is 2.68. The van der Waals surface area contributed by atoms with E-state index in [1.54, 1.807) is 12.1 Å². The van der Waals surface area contributed by atoms with Crippen LogP contribution in [0.4, 0.5) is 5.69 Å². The molecular formula is C19H20ClN3O2. The number of anilines is 1. The molecule has 0 N–H and O–H groups in total. The number of piperazine rings is 1. The molecule has 0 spiro atoms. The van der Waals surface area contributed by atoms with Crippen LogP contribution in [-0.4, -0.2) is 50.5 Å². The molecule has 0 radical (unpaired) electrons. The minimum atomic E-state index is -0.332. The number of esters is 1. The second-order valence-electron chi connectivity index (χ2n) is 5.78. The number of hydrogen-bond acceptors (Lipinski definition) is 5. The summed E-state index contributed by atoms with van der Waals surface area (Å²) in [6.45, 7) is 3.55. The second-order valence-corrected chi connectivity index (χ2v) is 6.21. The van der Waals surface area contributed by atoms with Crippen LogP contribution in [0.5, 0.6) is 0 Å². The number of carbonyl (C=O) groups is 1. The van der Waals surface area contributed by atoms with Gasteiger partial charge in [0.2, 0.25) is 0 Å². The van der Waals surface area contributed by atoms with Crippen molar-refractivity contribution in [3.05, 3.63) is 64.7 Å². The van der Waals surface area contributed by atoms with Crippen LogP contribution < -0.4 is 4.90 Å². The van der Waals surface area contributed by atoms with Crippen molar-refractivity contribution in [2.24, 2.45) is 5.10 Å². The first-order chi connectivity index (χ1) is 12.2. The Balaban J connectivity index is 1.54. The molecule has 1 aliphatic heterocycles. The first-order valence-corrected chi connectivity index (χ1v) is 8.51. The maximum Gasteiger partial charge on any atom is 0.337 e.